The second-order valence-corrected chi connectivity index (χ2v) is 6.19. The van der Waals surface area contributed by atoms with Crippen molar-refractivity contribution in [3.05, 3.63) is 54.4 Å². The van der Waals surface area contributed by atoms with Gasteiger partial charge in [-0.25, -0.2) is 0 Å². The van der Waals surface area contributed by atoms with E-state index in [2.05, 4.69) is 43.3 Å². The maximum Gasteiger partial charge on any atom is 0.193 e. The molecule has 1 N–H and O–H groups in total. The minimum atomic E-state index is 0.830. The third-order valence-electron chi connectivity index (χ3n) is 4.61. The van der Waals surface area contributed by atoms with Gasteiger partial charge in [-0.2, -0.15) is 0 Å². The summed E-state index contributed by atoms with van der Waals surface area (Å²) in [4.78, 5) is 13.5. The number of piperazine rings is 1. The summed E-state index contributed by atoms with van der Waals surface area (Å²) in [6.45, 7) is 4.58. The van der Waals surface area contributed by atoms with Crippen LogP contribution < -0.4 is 15.0 Å². The first kappa shape index (κ1) is 18.0. The lowest BCUT2D eigenvalue weighted by atomic mass is 10.2. The Kier molecular flexibility index (Phi) is 6.30. The highest BCUT2D eigenvalue weighted by atomic mass is 16.5. The number of nitrogens with zero attached hydrogens (tertiary/aromatic N) is 4. The SMILES string of the molecule is CN=C(NCCc1ccccn1)N1CCN(c2ccccc2OC)CC1. The summed E-state index contributed by atoms with van der Waals surface area (Å²) < 4.78 is 5.49. The first-order chi connectivity index (χ1) is 12.8. The fraction of sp³-hybridized carbons (Fsp3) is 0.400. The molecule has 0 amide bonds. The summed E-state index contributed by atoms with van der Waals surface area (Å²) in [5.74, 6) is 1.89. The topological polar surface area (TPSA) is 53.0 Å². The van der Waals surface area contributed by atoms with Gasteiger partial charge in [0.2, 0.25) is 0 Å². The molecule has 1 saturated heterocycles. The molecule has 1 fully saturated rings. The van der Waals surface area contributed by atoms with Crippen molar-refractivity contribution >= 4 is 11.6 Å². The molecular formula is C20H27N5O. The molecule has 26 heavy (non-hydrogen) atoms. The van der Waals surface area contributed by atoms with Crippen LogP contribution in [0.3, 0.4) is 0 Å². The molecule has 0 saturated carbocycles. The molecule has 138 valence electrons. The number of ether oxygens (including phenoxy) is 1. The molecule has 0 radical (unpaired) electrons. The van der Waals surface area contributed by atoms with Gasteiger partial charge in [0.15, 0.2) is 5.96 Å². The Balaban J connectivity index is 1.51. The fourth-order valence-corrected chi connectivity index (χ4v) is 3.23. The van der Waals surface area contributed by atoms with Gasteiger partial charge in [-0.15, -0.1) is 0 Å². The number of rotatable bonds is 5. The van der Waals surface area contributed by atoms with Crippen LogP contribution in [0.4, 0.5) is 5.69 Å². The molecule has 1 aliphatic heterocycles. The second kappa shape index (κ2) is 9.08. The first-order valence-electron chi connectivity index (χ1n) is 9.05. The van der Waals surface area contributed by atoms with Gasteiger partial charge in [0.25, 0.3) is 0 Å². The average Bonchev–Trinajstić information content (AvgIpc) is 2.72. The lowest BCUT2D eigenvalue weighted by Gasteiger charge is -2.38. The number of nitrogens with one attached hydrogen (secondary N) is 1. The molecule has 1 aromatic heterocycles. The molecule has 0 spiro atoms. The van der Waals surface area contributed by atoms with E-state index in [1.54, 1.807) is 7.11 Å². The average molecular weight is 353 g/mol. The highest BCUT2D eigenvalue weighted by molar-refractivity contribution is 5.80. The molecule has 0 unspecified atom stereocenters. The van der Waals surface area contributed by atoms with Crippen molar-refractivity contribution in [2.45, 2.75) is 6.42 Å². The van der Waals surface area contributed by atoms with Crippen molar-refractivity contribution in [2.24, 2.45) is 4.99 Å². The predicted octanol–water partition coefficient (Wildman–Crippen LogP) is 2.03. The lowest BCUT2D eigenvalue weighted by Crippen LogP contribution is -2.52. The van der Waals surface area contributed by atoms with E-state index in [9.17, 15) is 0 Å². The molecule has 6 nitrogen and oxygen atoms in total. The molecule has 1 aliphatic rings. The zero-order valence-electron chi connectivity index (χ0n) is 15.6. The number of guanidine groups is 1. The Hall–Kier alpha value is -2.76. The van der Waals surface area contributed by atoms with Crippen LogP contribution in [0, 0.1) is 0 Å². The van der Waals surface area contributed by atoms with E-state index in [0.717, 1.165) is 62.2 Å². The van der Waals surface area contributed by atoms with E-state index < -0.39 is 0 Å². The minimum absolute atomic E-state index is 0.830. The van der Waals surface area contributed by atoms with Gasteiger partial charge in [0.05, 0.1) is 12.8 Å². The van der Waals surface area contributed by atoms with Crippen molar-refractivity contribution < 1.29 is 4.74 Å². The van der Waals surface area contributed by atoms with Crippen LogP contribution >= 0.6 is 0 Å². The monoisotopic (exact) mass is 353 g/mol. The number of methoxy groups -OCH3 is 1. The summed E-state index contributed by atoms with van der Waals surface area (Å²) in [6.07, 6.45) is 2.72. The Morgan fingerprint density at radius 2 is 1.88 bits per heavy atom. The fourth-order valence-electron chi connectivity index (χ4n) is 3.23. The minimum Gasteiger partial charge on any atom is -0.495 e. The van der Waals surface area contributed by atoms with E-state index in [1.807, 2.05) is 37.5 Å². The Bertz CT molecular complexity index is 711. The first-order valence-corrected chi connectivity index (χ1v) is 9.05. The van der Waals surface area contributed by atoms with E-state index in [-0.39, 0.29) is 0 Å². The zero-order chi connectivity index (χ0) is 18.2. The zero-order valence-corrected chi connectivity index (χ0v) is 15.6. The van der Waals surface area contributed by atoms with Crippen LogP contribution in [0.25, 0.3) is 0 Å². The van der Waals surface area contributed by atoms with Gasteiger partial charge < -0.3 is 19.9 Å². The molecule has 3 rings (SSSR count). The third kappa shape index (κ3) is 4.45. The summed E-state index contributed by atoms with van der Waals surface area (Å²) >= 11 is 0. The van der Waals surface area contributed by atoms with Gasteiger partial charge in [-0.3, -0.25) is 9.98 Å². The number of pyridine rings is 1. The molecule has 0 atom stereocenters. The molecule has 1 aromatic carbocycles. The molecule has 6 heteroatoms. The Labute approximate surface area is 155 Å². The summed E-state index contributed by atoms with van der Waals surface area (Å²) in [5, 5.41) is 3.46. The number of anilines is 1. The molecule has 2 heterocycles. The van der Waals surface area contributed by atoms with E-state index in [0.29, 0.717) is 0 Å². The van der Waals surface area contributed by atoms with Crippen molar-refractivity contribution in [2.75, 3.05) is 51.8 Å². The number of para-hydroxylation sites is 2. The standard InChI is InChI=1S/C20H27N5O/c1-21-20(23-12-10-17-7-5-6-11-22-17)25-15-13-24(14-16-25)18-8-3-4-9-19(18)26-2/h3-9,11H,10,12-16H2,1-2H3,(H,21,23). The van der Waals surface area contributed by atoms with Gasteiger partial charge in [0, 0.05) is 58.1 Å². The Morgan fingerprint density at radius 1 is 1.12 bits per heavy atom. The normalized spacial score (nSPS) is 15.1. The maximum absolute atomic E-state index is 5.49. The van der Waals surface area contributed by atoms with Gasteiger partial charge in [-0.05, 0) is 24.3 Å². The number of hydrogen-bond donors (Lipinski definition) is 1. The number of benzene rings is 1. The van der Waals surface area contributed by atoms with E-state index in [4.69, 9.17) is 4.74 Å². The van der Waals surface area contributed by atoms with Gasteiger partial charge in [0.1, 0.15) is 5.75 Å². The van der Waals surface area contributed by atoms with Crippen LogP contribution in [-0.2, 0) is 6.42 Å². The largest absolute Gasteiger partial charge is 0.495 e. The van der Waals surface area contributed by atoms with Crippen LogP contribution in [0.15, 0.2) is 53.7 Å². The number of aromatic nitrogens is 1. The third-order valence-corrected chi connectivity index (χ3v) is 4.61. The van der Waals surface area contributed by atoms with Crippen LogP contribution in [-0.4, -0.2) is 62.7 Å². The van der Waals surface area contributed by atoms with Crippen LogP contribution in [0.5, 0.6) is 5.75 Å². The molecule has 0 aliphatic carbocycles. The van der Waals surface area contributed by atoms with E-state index >= 15 is 0 Å². The number of aliphatic imine (C=N–C) groups is 1. The van der Waals surface area contributed by atoms with Crippen LogP contribution in [0.1, 0.15) is 5.69 Å². The molecule has 2 aromatic rings. The number of hydrogen-bond acceptors (Lipinski definition) is 4. The Morgan fingerprint density at radius 3 is 2.58 bits per heavy atom. The van der Waals surface area contributed by atoms with Crippen molar-refractivity contribution in [3.8, 4) is 5.75 Å². The van der Waals surface area contributed by atoms with E-state index in [1.165, 1.54) is 0 Å². The van der Waals surface area contributed by atoms with Gasteiger partial charge in [-0.1, -0.05) is 18.2 Å². The summed E-state index contributed by atoms with van der Waals surface area (Å²) in [7, 11) is 3.57. The highest BCUT2D eigenvalue weighted by Gasteiger charge is 2.21. The predicted molar refractivity (Wildman–Crippen MR) is 106 cm³/mol. The lowest BCUT2D eigenvalue weighted by molar-refractivity contribution is 0.367. The van der Waals surface area contributed by atoms with Gasteiger partial charge >= 0.3 is 0 Å². The highest BCUT2D eigenvalue weighted by Crippen LogP contribution is 2.28. The maximum atomic E-state index is 5.49. The smallest absolute Gasteiger partial charge is 0.193 e. The van der Waals surface area contributed by atoms with Crippen molar-refractivity contribution in [1.82, 2.24) is 15.2 Å². The van der Waals surface area contributed by atoms with Crippen LogP contribution in [0.2, 0.25) is 0 Å². The van der Waals surface area contributed by atoms with Crippen molar-refractivity contribution in [1.29, 1.82) is 0 Å². The summed E-state index contributed by atoms with van der Waals surface area (Å²) in [6, 6.07) is 14.2. The van der Waals surface area contributed by atoms with Crippen molar-refractivity contribution in [3.63, 3.8) is 0 Å². The second-order valence-electron chi connectivity index (χ2n) is 6.19. The quantitative estimate of drug-likeness (QED) is 0.658. The summed E-state index contributed by atoms with van der Waals surface area (Å²) in [5.41, 5.74) is 2.25. The molecule has 0 bridgehead atoms. The molecular weight excluding hydrogens is 326 g/mol.